The molecule has 0 aliphatic heterocycles. The van der Waals surface area contributed by atoms with Crippen molar-refractivity contribution in [2.45, 2.75) is 65.2 Å². The van der Waals surface area contributed by atoms with E-state index in [0.717, 1.165) is 44.9 Å². The molecule has 0 aromatic rings. The summed E-state index contributed by atoms with van der Waals surface area (Å²) in [5, 5.41) is 18.9. The van der Waals surface area contributed by atoms with Gasteiger partial charge in [-0.2, -0.15) is 0 Å². The molecule has 1 rings (SSSR count). The van der Waals surface area contributed by atoms with E-state index in [4.69, 9.17) is 0 Å². The van der Waals surface area contributed by atoms with Crippen molar-refractivity contribution in [2.75, 3.05) is 6.61 Å². The van der Waals surface area contributed by atoms with Crippen LogP contribution in [-0.2, 0) is 4.79 Å². The van der Waals surface area contributed by atoms with Gasteiger partial charge in [-0.25, -0.2) is 4.79 Å². The van der Waals surface area contributed by atoms with Crippen LogP contribution in [0.25, 0.3) is 0 Å². The molecule has 23 heavy (non-hydrogen) atoms. The molecule has 0 saturated carbocycles. The summed E-state index contributed by atoms with van der Waals surface area (Å²) in [5.74, 6) is -0.0615. The number of hydrogen-bond acceptors (Lipinski definition) is 2. The minimum Gasteiger partial charge on any atom is -0.478 e. The molecule has 0 fully saturated rings. The first-order chi connectivity index (χ1) is 10.9. The van der Waals surface area contributed by atoms with Gasteiger partial charge in [0.15, 0.2) is 0 Å². The van der Waals surface area contributed by atoms with Gasteiger partial charge in [0.25, 0.3) is 0 Å². The molecule has 0 aromatic carbocycles. The maximum atomic E-state index is 11.3. The zero-order chi connectivity index (χ0) is 17.2. The maximum Gasteiger partial charge on any atom is 0.331 e. The average Bonchev–Trinajstić information content (AvgIpc) is 2.50. The molecular weight excluding hydrogens is 288 g/mol. The number of carboxylic acid groups (broad SMARTS) is 1. The summed E-state index contributed by atoms with van der Waals surface area (Å²) in [5.41, 5.74) is 3.05. The van der Waals surface area contributed by atoms with Crippen LogP contribution >= 0.6 is 0 Å². The number of aliphatic hydroxyl groups is 1. The Bertz CT molecular complexity index is 460. The summed E-state index contributed by atoms with van der Waals surface area (Å²) in [4.78, 5) is 11.3. The van der Waals surface area contributed by atoms with Crippen LogP contribution in [0.4, 0.5) is 0 Å². The van der Waals surface area contributed by atoms with Crippen LogP contribution in [0.5, 0.6) is 0 Å². The van der Waals surface area contributed by atoms with Crippen molar-refractivity contribution >= 4 is 5.97 Å². The Labute approximate surface area is 140 Å². The molecule has 3 nitrogen and oxygen atoms in total. The van der Waals surface area contributed by atoms with E-state index in [1.807, 2.05) is 6.08 Å². The van der Waals surface area contributed by atoms with Crippen molar-refractivity contribution in [1.82, 2.24) is 0 Å². The molecule has 0 saturated heterocycles. The largest absolute Gasteiger partial charge is 0.478 e. The fraction of sp³-hybridized carbons (Fsp3) is 0.650. The van der Waals surface area contributed by atoms with Gasteiger partial charge in [-0.05, 0) is 77.0 Å². The molecule has 0 spiro atoms. The van der Waals surface area contributed by atoms with Crippen LogP contribution in [0, 0.1) is 11.8 Å². The first kappa shape index (κ1) is 19.7. The highest BCUT2D eigenvalue weighted by Gasteiger charge is 2.15. The molecule has 2 atom stereocenters. The van der Waals surface area contributed by atoms with E-state index in [1.165, 1.54) is 11.1 Å². The summed E-state index contributed by atoms with van der Waals surface area (Å²) in [7, 11) is 0. The first-order valence-electron chi connectivity index (χ1n) is 8.78. The highest BCUT2D eigenvalue weighted by molar-refractivity contribution is 5.86. The van der Waals surface area contributed by atoms with Crippen LogP contribution in [0.3, 0.4) is 0 Å². The van der Waals surface area contributed by atoms with Gasteiger partial charge in [-0.1, -0.05) is 29.9 Å². The van der Waals surface area contributed by atoms with Crippen LogP contribution in [0.1, 0.15) is 65.2 Å². The summed E-state index contributed by atoms with van der Waals surface area (Å²) < 4.78 is 0. The number of carboxylic acids is 1. The Morgan fingerprint density at radius 1 is 1.26 bits per heavy atom. The normalized spacial score (nSPS) is 29.5. The lowest BCUT2D eigenvalue weighted by Crippen LogP contribution is -2.11. The standard InChI is InChI=1S/C20H32O3/c1-15(2)18-12-10-16(3)6-4-8-19(20(22)23)9-5-7-17(14-21)11-13-18/h8,10,17-18,21H,1,4-7,9,11-14H2,2-3H3,(H,22,23)/b16-10+,19-8-/t17-,18+/m1/s1. The third-order valence-corrected chi connectivity index (χ3v) is 4.89. The van der Waals surface area contributed by atoms with Gasteiger partial charge < -0.3 is 10.2 Å². The van der Waals surface area contributed by atoms with E-state index in [9.17, 15) is 15.0 Å². The third-order valence-electron chi connectivity index (χ3n) is 4.89. The molecule has 1 aliphatic rings. The first-order valence-corrected chi connectivity index (χ1v) is 8.78. The third kappa shape index (κ3) is 7.65. The molecule has 3 heteroatoms. The molecule has 2 N–H and O–H groups in total. The van der Waals surface area contributed by atoms with Crippen molar-refractivity contribution in [3.63, 3.8) is 0 Å². The second-order valence-corrected chi connectivity index (χ2v) is 6.92. The molecule has 0 aromatic heterocycles. The highest BCUT2D eigenvalue weighted by atomic mass is 16.4. The van der Waals surface area contributed by atoms with E-state index in [0.29, 0.717) is 17.9 Å². The Kier molecular flexibility index (Phi) is 8.93. The predicted molar refractivity (Wildman–Crippen MR) is 95.3 cm³/mol. The topological polar surface area (TPSA) is 57.5 Å². The van der Waals surface area contributed by atoms with Crippen molar-refractivity contribution in [3.05, 3.63) is 35.5 Å². The number of aliphatic carboxylic acids is 1. The zero-order valence-corrected chi connectivity index (χ0v) is 14.7. The molecule has 0 bridgehead atoms. The maximum absolute atomic E-state index is 11.3. The van der Waals surface area contributed by atoms with Crippen molar-refractivity contribution in [3.8, 4) is 0 Å². The molecule has 1 aliphatic carbocycles. The lowest BCUT2D eigenvalue weighted by molar-refractivity contribution is -0.132. The second kappa shape index (κ2) is 10.4. The van der Waals surface area contributed by atoms with Crippen LogP contribution < -0.4 is 0 Å². The number of rotatable bonds is 3. The molecule has 0 heterocycles. The number of hydrogen-bond donors (Lipinski definition) is 2. The predicted octanol–water partition coefficient (Wildman–Crippen LogP) is 4.88. The van der Waals surface area contributed by atoms with E-state index in [-0.39, 0.29) is 12.5 Å². The molecule has 130 valence electrons. The summed E-state index contributed by atoms with van der Waals surface area (Å²) in [6.45, 7) is 8.51. The van der Waals surface area contributed by atoms with Gasteiger partial charge in [0.2, 0.25) is 0 Å². The Hall–Kier alpha value is -1.35. The van der Waals surface area contributed by atoms with Gasteiger partial charge in [0, 0.05) is 12.2 Å². The Morgan fingerprint density at radius 2 is 2.00 bits per heavy atom. The van der Waals surface area contributed by atoms with Crippen LogP contribution in [-0.4, -0.2) is 22.8 Å². The highest BCUT2D eigenvalue weighted by Crippen LogP contribution is 2.26. The van der Waals surface area contributed by atoms with E-state index < -0.39 is 5.97 Å². The Balaban J connectivity index is 2.84. The van der Waals surface area contributed by atoms with Gasteiger partial charge >= 0.3 is 5.97 Å². The molecular formula is C20H32O3. The van der Waals surface area contributed by atoms with Gasteiger partial charge in [-0.15, -0.1) is 0 Å². The summed E-state index contributed by atoms with van der Waals surface area (Å²) >= 11 is 0. The fourth-order valence-electron chi connectivity index (χ4n) is 3.13. The fourth-order valence-corrected chi connectivity index (χ4v) is 3.13. The van der Waals surface area contributed by atoms with Gasteiger partial charge in [0.05, 0.1) is 0 Å². The van der Waals surface area contributed by atoms with Crippen LogP contribution in [0.2, 0.25) is 0 Å². The number of allylic oxidation sites excluding steroid dienone is 4. The Morgan fingerprint density at radius 3 is 2.61 bits per heavy atom. The lowest BCUT2D eigenvalue weighted by atomic mass is 9.86. The smallest absolute Gasteiger partial charge is 0.331 e. The van der Waals surface area contributed by atoms with E-state index >= 15 is 0 Å². The molecule has 0 unspecified atom stereocenters. The van der Waals surface area contributed by atoms with Gasteiger partial charge in [-0.3, -0.25) is 0 Å². The summed E-state index contributed by atoms with van der Waals surface area (Å²) in [6.07, 6.45) is 11.2. The molecule has 0 radical (unpaired) electrons. The second-order valence-electron chi connectivity index (χ2n) is 6.92. The quantitative estimate of drug-likeness (QED) is 0.729. The lowest BCUT2D eigenvalue weighted by Gasteiger charge is -2.20. The van der Waals surface area contributed by atoms with Crippen molar-refractivity contribution in [1.29, 1.82) is 0 Å². The molecule has 0 amide bonds. The van der Waals surface area contributed by atoms with Crippen LogP contribution in [0.15, 0.2) is 35.5 Å². The number of carbonyl (C=O) groups is 1. The SMILES string of the molecule is C=C(C)[C@H]1C/C=C(\C)CC/C=C(\C(=O)O)CCC[C@@H](CO)CC1. The van der Waals surface area contributed by atoms with Crippen molar-refractivity contribution < 1.29 is 15.0 Å². The minimum atomic E-state index is -0.804. The minimum absolute atomic E-state index is 0.184. The summed E-state index contributed by atoms with van der Waals surface area (Å²) in [6, 6.07) is 0. The monoisotopic (exact) mass is 320 g/mol. The zero-order valence-electron chi connectivity index (χ0n) is 14.7. The van der Waals surface area contributed by atoms with Crippen molar-refractivity contribution in [2.24, 2.45) is 11.8 Å². The van der Waals surface area contributed by atoms with Gasteiger partial charge in [0.1, 0.15) is 0 Å². The van der Waals surface area contributed by atoms with E-state index in [2.05, 4.69) is 26.5 Å². The average molecular weight is 320 g/mol. The van der Waals surface area contributed by atoms with E-state index in [1.54, 1.807) is 0 Å². The number of aliphatic hydroxyl groups excluding tert-OH is 1.